The maximum atomic E-state index is 11.9. The molecule has 0 atom stereocenters. The van der Waals surface area contributed by atoms with Crippen LogP contribution in [0.1, 0.15) is 20.8 Å². The summed E-state index contributed by atoms with van der Waals surface area (Å²) < 4.78 is 5.05. The van der Waals surface area contributed by atoms with Crippen molar-refractivity contribution >= 4 is 29.4 Å². The molecule has 2 rings (SSSR count). The molecule has 0 saturated heterocycles. The molecular weight excluding hydrogens is 314 g/mol. The largest absolute Gasteiger partial charge is 0.497 e. The van der Waals surface area contributed by atoms with Gasteiger partial charge in [-0.2, -0.15) is 5.10 Å². The Morgan fingerprint density at radius 2 is 2.17 bits per heavy atom. The number of ether oxygens (including phenoxy) is 1. The van der Waals surface area contributed by atoms with Crippen LogP contribution in [0.25, 0.3) is 0 Å². The minimum atomic E-state index is -0.397. The van der Waals surface area contributed by atoms with E-state index in [-0.39, 0.29) is 12.5 Å². The summed E-state index contributed by atoms with van der Waals surface area (Å²) in [7, 11) is 1.53. The van der Waals surface area contributed by atoms with Crippen LogP contribution in [0.3, 0.4) is 0 Å². The van der Waals surface area contributed by atoms with Gasteiger partial charge in [0.2, 0.25) is 0 Å². The van der Waals surface area contributed by atoms with Crippen molar-refractivity contribution < 1.29 is 14.3 Å². The normalized spacial score (nSPS) is 10.5. The summed E-state index contributed by atoms with van der Waals surface area (Å²) in [5.74, 6) is -0.165. The van der Waals surface area contributed by atoms with Gasteiger partial charge >= 0.3 is 0 Å². The molecule has 120 valence electrons. The number of amides is 2. The first kappa shape index (κ1) is 16.7. The molecule has 1 heterocycles. The van der Waals surface area contributed by atoms with Crippen molar-refractivity contribution in [2.45, 2.75) is 6.92 Å². The first-order chi connectivity index (χ1) is 11.1. The van der Waals surface area contributed by atoms with Crippen molar-refractivity contribution in [3.63, 3.8) is 0 Å². The monoisotopic (exact) mass is 331 g/mol. The van der Waals surface area contributed by atoms with Crippen LogP contribution in [-0.2, 0) is 4.79 Å². The van der Waals surface area contributed by atoms with Crippen LogP contribution in [0.5, 0.6) is 5.75 Å². The van der Waals surface area contributed by atoms with E-state index in [1.165, 1.54) is 18.4 Å². The number of carbonyl (C=O) groups excluding carboxylic acids is 2. The van der Waals surface area contributed by atoms with Gasteiger partial charge in [0.05, 0.1) is 19.9 Å². The van der Waals surface area contributed by atoms with E-state index in [1.807, 2.05) is 18.4 Å². The number of benzene rings is 1. The summed E-state index contributed by atoms with van der Waals surface area (Å²) >= 11 is 1.54. The molecule has 2 N–H and O–H groups in total. The first-order valence-corrected chi connectivity index (χ1v) is 7.76. The van der Waals surface area contributed by atoms with Crippen LogP contribution in [0.2, 0.25) is 0 Å². The molecule has 2 amide bonds. The molecule has 0 aliphatic rings. The van der Waals surface area contributed by atoms with Gasteiger partial charge in [0.1, 0.15) is 5.75 Å². The number of hydrazone groups is 1. The zero-order valence-corrected chi connectivity index (χ0v) is 13.6. The third-order valence-electron chi connectivity index (χ3n) is 3.01. The minimum Gasteiger partial charge on any atom is -0.497 e. The van der Waals surface area contributed by atoms with Gasteiger partial charge in [-0.15, -0.1) is 11.3 Å². The number of nitrogens with zero attached hydrogens (tertiary/aromatic N) is 1. The first-order valence-electron chi connectivity index (χ1n) is 6.88. The van der Waals surface area contributed by atoms with E-state index in [1.54, 1.807) is 30.5 Å². The van der Waals surface area contributed by atoms with E-state index in [0.717, 1.165) is 10.4 Å². The Morgan fingerprint density at radius 1 is 1.35 bits per heavy atom. The quantitative estimate of drug-likeness (QED) is 0.627. The van der Waals surface area contributed by atoms with E-state index >= 15 is 0 Å². The zero-order valence-electron chi connectivity index (χ0n) is 12.8. The van der Waals surface area contributed by atoms with Crippen LogP contribution in [0.15, 0.2) is 40.8 Å². The fraction of sp³-hybridized carbons (Fsp3) is 0.188. The Bertz CT molecular complexity index is 725. The van der Waals surface area contributed by atoms with Crippen LogP contribution in [0, 0.1) is 6.92 Å². The third-order valence-corrected chi connectivity index (χ3v) is 3.97. The third kappa shape index (κ3) is 4.93. The number of rotatable bonds is 6. The zero-order chi connectivity index (χ0) is 16.7. The Balaban J connectivity index is 1.80. The van der Waals surface area contributed by atoms with E-state index in [0.29, 0.717) is 11.3 Å². The molecule has 1 aromatic heterocycles. The van der Waals surface area contributed by atoms with Crippen LogP contribution >= 0.6 is 11.3 Å². The van der Waals surface area contributed by atoms with Gasteiger partial charge in [-0.05, 0) is 42.1 Å². The second kappa shape index (κ2) is 8.09. The van der Waals surface area contributed by atoms with Gasteiger partial charge in [0.25, 0.3) is 11.8 Å². The Hall–Kier alpha value is -2.67. The molecule has 0 radical (unpaired) electrons. The number of hydrogen-bond donors (Lipinski definition) is 2. The molecule has 0 aliphatic heterocycles. The number of hydrogen-bond acceptors (Lipinski definition) is 5. The highest BCUT2D eigenvalue weighted by molar-refractivity contribution is 7.11. The fourth-order valence-corrected chi connectivity index (χ4v) is 2.53. The van der Waals surface area contributed by atoms with E-state index in [4.69, 9.17) is 4.74 Å². The number of carbonyl (C=O) groups is 2. The minimum absolute atomic E-state index is 0.156. The van der Waals surface area contributed by atoms with Gasteiger partial charge in [-0.3, -0.25) is 9.59 Å². The van der Waals surface area contributed by atoms with Gasteiger partial charge in [0, 0.05) is 10.4 Å². The number of thiophene rings is 1. The standard InChI is InChI=1S/C16H17N3O3S/c1-11-6-7-23-14(11)9-18-19-15(20)10-17-16(21)12-4-3-5-13(8-12)22-2/h3-9H,10H2,1-2H3,(H,17,21)(H,19,20)/b18-9+. The topological polar surface area (TPSA) is 79.8 Å². The smallest absolute Gasteiger partial charge is 0.259 e. The Labute approximate surface area is 138 Å². The molecule has 0 fully saturated rings. The lowest BCUT2D eigenvalue weighted by molar-refractivity contribution is -0.120. The summed E-state index contributed by atoms with van der Waals surface area (Å²) in [4.78, 5) is 24.6. The number of aryl methyl sites for hydroxylation is 1. The molecule has 0 spiro atoms. The van der Waals surface area contributed by atoms with Gasteiger partial charge in [-0.1, -0.05) is 6.07 Å². The van der Waals surface area contributed by atoms with Gasteiger partial charge in [-0.25, -0.2) is 5.43 Å². The van der Waals surface area contributed by atoms with Gasteiger partial charge < -0.3 is 10.1 Å². The maximum absolute atomic E-state index is 11.9. The van der Waals surface area contributed by atoms with E-state index in [9.17, 15) is 9.59 Å². The summed E-state index contributed by atoms with van der Waals surface area (Å²) in [6.07, 6.45) is 1.59. The lowest BCUT2D eigenvalue weighted by atomic mass is 10.2. The molecule has 6 nitrogen and oxygen atoms in total. The highest BCUT2D eigenvalue weighted by atomic mass is 32.1. The summed E-state index contributed by atoms with van der Waals surface area (Å²) in [6.45, 7) is 1.81. The summed E-state index contributed by atoms with van der Waals surface area (Å²) in [5, 5.41) is 8.35. The van der Waals surface area contributed by atoms with Crippen LogP contribution in [0.4, 0.5) is 0 Å². The average Bonchev–Trinajstić information content (AvgIpc) is 2.98. The highest BCUT2D eigenvalue weighted by Gasteiger charge is 2.08. The van der Waals surface area contributed by atoms with Crippen LogP contribution in [-0.4, -0.2) is 31.7 Å². The molecule has 2 aromatic rings. The van der Waals surface area contributed by atoms with Crippen molar-refractivity contribution in [1.82, 2.24) is 10.7 Å². The Kier molecular flexibility index (Phi) is 5.87. The average molecular weight is 331 g/mol. The van der Waals surface area contributed by atoms with E-state index < -0.39 is 5.91 Å². The molecule has 0 unspecified atom stereocenters. The lowest BCUT2D eigenvalue weighted by Crippen LogP contribution is -2.34. The van der Waals surface area contributed by atoms with Crippen LogP contribution < -0.4 is 15.5 Å². The number of nitrogens with one attached hydrogen (secondary N) is 2. The molecule has 7 heteroatoms. The fourth-order valence-electron chi connectivity index (χ4n) is 1.75. The maximum Gasteiger partial charge on any atom is 0.259 e. The summed E-state index contributed by atoms with van der Waals surface area (Å²) in [6, 6.07) is 8.67. The molecule has 0 bridgehead atoms. The second-order valence-corrected chi connectivity index (χ2v) is 5.62. The highest BCUT2D eigenvalue weighted by Crippen LogP contribution is 2.12. The van der Waals surface area contributed by atoms with Gasteiger partial charge in [0.15, 0.2) is 0 Å². The lowest BCUT2D eigenvalue weighted by Gasteiger charge is -2.05. The molecular formula is C16H17N3O3S. The molecule has 1 aromatic carbocycles. The van der Waals surface area contributed by atoms with Crippen molar-refractivity contribution in [3.8, 4) is 5.75 Å². The van der Waals surface area contributed by atoms with E-state index in [2.05, 4.69) is 15.8 Å². The number of methoxy groups -OCH3 is 1. The second-order valence-electron chi connectivity index (χ2n) is 4.68. The predicted octanol–water partition coefficient (Wildman–Crippen LogP) is 1.95. The molecule has 23 heavy (non-hydrogen) atoms. The summed E-state index contributed by atoms with van der Waals surface area (Å²) in [5.41, 5.74) is 3.90. The Morgan fingerprint density at radius 3 is 2.87 bits per heavy atom. The van der Waals surface area contributed by atoms with Crippen molar-refractivity contribution in [2.24, 2.45) is 5.10 Å². The molecule has 0 aliphatic carbocycles. The van der Waals surface area contributed by atoms with Crippen molar-refractivity contribution in [2.75, 3.05) is 13.7 Å². The predicted molar refractivity (Wildman–Crippen MR) is 90.1 cm³/mol. The van der Waals surface area contributed by atoms with Crippen molar-refractivity contribution in [3.05, 3.63) is 51.7 Å². The molecule has 0 saturated carbocycles. The van der Waals surface area contributed by atoms with Crippen molar-refractivity contribution in [1.29, 1.82) is 0 Å². The SMILES string of the molecule is COc1cccc(C(=O)NCC(=O)N/N=C/c2sccc2C)c1.